The lowest BCUT2D eigenvalue weighted by molar-refractivity contribution is -0.893. The second-order valence-corrected chi connectivity index (χ2v) is 7.33. The minimum Gasteiger partial charge on any atom is -1.00 e. The van der Waals surface area contributed by atoms with Crippen molar-refractivity contribution in [1.82, 2.24) is 9.97 Å². The molecule has 146 valence electrons. The number of quaternary nitrogens is 1. The van der Waals surface area contributed by atoms with Crippen LogP contribution in [0.2, 0.25) is 0 Å². The molecule has 1 heterocycles. The van der Waals surface area contributed by atoms with Gasteiger partial charge >= 0.3 is 0 Å². The Hall–Kier alpha value is -0.720. The second kappa shape index (κ2) is 14.4. The molecule has 0 aliphatic heterocycles. The van der Waals surface area contributed by atoms with Crippen molar-refractivity contribution in [1.29, 1.82) is 0 Å². The topological polar surface area (TPSA) is 70.4 Å². The number of H-pyrrole nitrogens is 1. The van der Waals surface area contributed by atoms with Crippen LogP contribution in [0.3, 0.4) is 0 Å². The van der Waals surface area contributed by atoms with Gasteiger partial charge in [-0.25, -0.2) is 0 Å². The van der Waals surface area contributed by atoms with E-state index in [2.05, 4.69) is 30.7 Å². The molecule has 0 aromatic carbocycles. The van der Waals surface area contributed by atoms with Gasteiger partial charge in [-0.15, -0.1) is 0 Å². The number of hydrogen-bond donors (Lipinski definition) is 3. The van der Waals surface area contributed by atoms with Gasteiger partial charge in [0.05, 0.1) is 31.0 Å². The fraction of sp³-hybridized carbons (Fsp3) is 0.778. The zero-order chi connectivity index (χ0) is 17.8. The minimum atomic E-state index is -0.186. The number of hydrogen-bond acceptors (Lipinski definition) is 4. The number of aromatic hydroxyl groups is 1. The third-order valence-corrected chi connectivity index (χ3v) is 5.32. The van der Waals surface area contributed by atoms with Gasteiger partial charge in [0.25, 0.3) is 5.56 Å². The van der Waals surface area contributed by atoms with E-state index in [1.807, 2.05) is 0 Å². The first-order valence-corrected chi connectivity index (χ1v) is 10.4. The fourth-order valence-electron chi connectivity index (χ4n) is 2.74. The molecule has 25 heavy (non-hydrogen) atoms. The van der Waals surface area contributed by atoms with E-state index in [4.69, 9.17) is 0 Å². The molecule has 0 aliphatic carbocycles. The van der Waals surface area contributed by atoms with Gasteiger partial charge in [-0.2, -0.15) is 4.98 Å². The normalized spacial score (nSPS) is 10.9. The highest BCUT2D eigenvalue weighted by Crippen LogP contribution is 2.18. The summed E-state index contributed by atoms with van der Waals surface area (Å²) in [5.41, 5.74) is 0.248. The summed E-state index contributed by atoms with van der Waals surface area (Å²) < 4.78 is 0. The molecule has 5 nitrogen and oxygen atoms in total. The van der Waals surface area contributed by atoms with Gasteiger partial charge in [0.15, 0.2) is 5.16 Å². The van der Waals surface area contributed by atoms with Crippen molar-refractivity contribution in [3.05, 3.63) is 15.9 Å². The maximum absolute atomic E-state index is 12.2. The summed E-state index contributed by atoms with van der Waals surface area (Å²) in [6, 6.07) is 0. The first kappa shape index (κ1) is 24.3. The molecule has 1 aromatic heterocycles. The van der Waals surface area contributed by atoms with E-state index in [1.54, 1.807) is 0 Å². The molecular weight excluding hydrogens is 358 g/mol. The lowest BCUT2D eigenvalue weighted by Crippen LogP contribution is -3.11. The smallest absolute Gasteiger partial charge is 0.258 e. The summed E-state index contributed by atoms with van der Waals surface area (Å²) in [6.45, 7) is 9.78. The second-order valence-electron chi connectivity index (χ2n) is 6.25. The van der Waals surface area contributed by atoms with E-state index < -0.39 is 0 Å². The molecule has 0 aliphatic rings. The zero-order valence-electron chi connectivity index (χ0n) is 15.9. The number of nitrogens with zero attached hydrogens (tertiary/aromatic N) is 1. The van der Waals surface area contributed by atoms with Crippen molar-refractivity contribution >= 4 is 11.8 Å². The van der Waals surface area contributed by atoms with Crippen LogP contribution in [0.5, 0.6) is 5.88 Å². The molecular formula is C18H34ClN3O2S. The van der Waals surface area contributed by atoms with Crippen LogP contribution in [-0.4, -0.2) is 40.5 Å². The average Bonchev–Trinajstić information content (AvgIpc) is 2.57. The van der Waals surface area contributed by atoms with Crippen molar-refractivity contribution < 1.29 is 22.4 Å². The van der Waals surface area contributed by atoms with Crippen LogP contribution in [0.4, 0.5) is 0 Å². The fourth-order valence-corrected chi connectivity index (χ4v) is 3.64. The Morgan fingerprint density at radius 1 is 1.08 bits per heavy atom. The zero-order valence-corrected chi connectivity index (χ0v) is 17.4. The maximum Gasteiger partial charge on any atom is 0.258 e. The van der Waals surface area contributed by atoms with Crippen molar-refractivity contribution in [2.24, 2.45) is 0 Å². The number of aromatic nitrogens is 2. The Balaban J connectivity index is 0.00000576. The Morgan fingerprint density at radius 2 is 1.72 bits per heavy atom. The van der Waals surface area contributed by atoms with E-state index in [-0.39, 0.29) is 23.8 Å². The number of unbranched alkanes of at least 4 members (excludes halogenated alkanes) is 5. The first-order chi connectivity index (χ1) is 11.6. The van der Waals surface area contributed by atoms with Gasteiger partial charge < -0.3 is 27.4 Å². The molecule has 0 saturated carbocycles. The van der Waals surface area contributed by atoms with E-state index >= 15 is 0 Å². The van der Waals surface area contributed by atoms with Crippen LogP contribution in [-0.2, 0) is 6.42 Å². The van der Waals surface area contributed by atoms with Crippen LogP contribution in [0, 0.1) is 0 Å². The molecule has 0 radical (unpaired) electrons. The van der Waals surface area contributed by atoms with Gasteiger partial charge in [-0.05, 0) is 26.7 Å². The lowest BCUT2D eigenvalue weighted by atomic mass is 10.1. The highest BCUT2D eigenvalue weighted by Gasteiger charge is 2.11. The molecule has 3 N–H and O–H groups in total. The molecule has 0 atom stereocenters. The predicted molar refractivity (Wildman–Crippen MR) is 101 cm³/mol. The van der Waals surface area contributed by atoms with Gasteiger partial charge in [-0.3, -0.25) is 4.79 Å². The largest absolute Gasteiger partial charge is 1.00 e. The SMILES string of the molecule is CCCCCCCCc1c(O)nc(SCC[NH+](CC)CC)[nH]c1=O.[Cl-]. The number of thioether (sulfide) groups is 1. The Kier molecular flexibility index (Phi) is 14.0. The Labute approximate surface area is 162 Å². The lowest BCUT2D eigenvalue weighted by Gasteiger charge is -2.14. The van der Waals surface area contributed by atoms with Gasteiger partial charge in [0, 0.05) is 0 Å². The molecule has 1 aromatic rings. The van der Waals surface area contributed by atoms with Crippen molar-refractivity contribution in [3.8, 4) is 5.88 Å². The summed E-state index contributed by atoms with van der Waals surface area (Å²) in [5, 5.41) is 10.6. The maximum atomic E-state index is 12.2. The molecule has 0 spiro atoms. The predicted octanol–water partition coefficient (Wildman–Crippen LogP) is -0.601. The molecule has 0 bridgehead atoms. The summed E-state index contributed by atoms with van der Waals surface area (Å²) in [5.74, 6) is 0.792. The number of rotatable bonds is 13. The number of nitrogens with one attached hydrogen (secondary N) is 2. The molecule has 0 saturated heterocycles. The third kappa shape index (κ3) is 9.52. The third-order valence-electron chi connectivity index (χ3n) is 4.45. The quantitative estimate of drug-likeness (QED) is 0.238. The van der Waals surface area contributed by atoms with Gasteiger partial charge in [-0.1, -0.05) is 50.8 Å². The van der Waals surface area contributed by atoms with E-state index in [0.29, 0.717) is 17.1 Å². The molecule has 0 amide bonds. The van der Waals surface area contributed by atoms with Crippen LogP contribution in [0.25, 0.3) is 0 Å². The number of halogens is 1. The Bertz CT molecular complexity index is 522. The highest BCUT2D eigenvalue weighted by molar-refractivity contribution is 7.99. The molecule has 0 unspecified atom stereocenters. The molecule has 1 rings (SSSR count). The summed E-state index contributed by atoms with van der Waals surface area (Å²) in [6.07, 6.45) is 7.59. The minimum absolute atomic E-state index is 0. The van der Waals surface area contributed by atoms with Gasteiger partial charge in [0.1, 0.15) is 0 Å². The molecule has 0 fully saturated rings. The van der Waals surface area contributed by atoms with E-state index in [1.165, 1.54) is 42.3 Å². The summed E-state index contributed by atoms with van der Waals surface area (Å²) in [7, 11) is 0. The first-order valence-electron chi connectivity index (χ1n) is 9.40. The summed E-state index contributed by atoms with van der Waals surface area (Å²) >= 11 is 1.51. The van der Waals surface area contributed by atoms with Crippen LogP contribution in [0.1, 0.15) is 64.9 Å². The average molecular weight is 392 g/mol. The number of aromatic amines is 1. The van der Waals surface area contributed by atoms with Crippen molar-refractivity contribution in [2.75, 3.05) is 25.4 Å². The van der Waals surface area contributed by atoms with Crippen LogP contribution in [0.15, 0.2) is 9.95 Å². The monoisotopic (exact) mass is 391 g/mol. The Morgan fingerprint density at radius 3 is 2.32 bits per heavy atom. The standard InChI is InChI=1S/C18H33N3O2S.ClH/c1-4-7-8-9-10-11-12-15-16(22)19-18(20-17(15)23)24-14-13-21(5-2)6-3;/h4-14H2,1-3H3,(H2,19,20,22,23);1H. The van der Waals surface area contributed by atoms with E-state index in [0.717, 1.165) is 38.2 Å². The molecule has 7 heteroatoms. The van der Waals surface area contributed by atoms with Crippen LogP contribution < -0.4 is 22.9 Å². The van der Waals surface area contributed by atoms with Gasteiger partial charge in [0.2, 0.25) is 5.88 Å². The van der Waals surface area contributed by atoms with Crippen molar-refractivity contribution in [3.63, 3.8) is 0 Å². The van der Waals surface area contributed by atoms with Crippen molar-refractivity contribution in [2.45, 2.75) is 70.9 Å². The summed E-state index contributed by atoms with van der Waals surface area (Å²) in [4.78, 5) is 20.7. The highest BCUT2D eigenvalue weighted by atomic mass is 35.5. The van der Waals surface area contributed by atoms with E-state index in [9.17, 15) is 9.90 Å². The van der Waals surface area contributed by atoms with Crippen LogP contribution >= 0.6 is 11.8 Å².